The zero-order valence-electron chi connectivity index (χ0n) is 9.85. The Morgan fingerprint density at radius 2 is 1.84 bits per heavy atom. The third kappa shape index (κ3) is 2.45. The van der Waals surface area contributed by atoms with E-state index in [1.165, 1.54) is 20.0 Å². The standard InChI is InChI=1S/C10H8ClF2N3O2S/c1-5-3-6(8(13)4-7(5)12)9-14-15-10(16(9)2)19(11,17)18/h3-4H,1-2H3. The molecule has 0 aliphatic carbocycles. The lowest BCUT2D eigenvalue weighted by atomic mass is 10.1. The second-order valence-electron chi connectivity index (χ2n) is 3.88. The lowest BCUT2D eigenvalue weighted by molar-refractivity contribution is 0.577. The Bertz CT molecular complexity index is 758. The van der Waals surface area contributed by atoms with Gasteiger partial charge in [-0.2, -0.15) is 0 Å². The smallest absolute Gasteiger partial charge is 0.296 e. The molecule has 102 valence electrons. The highest BCUT2D eigenvalue weighted by molar-refractivity contribution is 8.13. The van der Waals surface area contributed by atoms with Gasteiger partial charge in [-0.25, -0.2) is 17.2 Å². The molecule has 0 amide bonds. The second kappa shape index (κ2) is 4.53. The molecule has 2 rings (SSSR count). The zero-order chi connectivity index (χ0) is 14.4. The highest BCUT2D eigenvalue weighted by Gasteiger charge is 2.23. The van der Waals surface area contributed by atoms with Gasteiger partial charge in [0.1, 0.15) is 11.6 Å². The molecule has 1 aromatic heterocycles. The normalized spacial score (nSPS) is 11.8. The van der Waals surface area contributed by atoms with Crippen LogP contribution in [-0.2, 0) is 16.1 Å². The van der Waals surface area contributed by atoms with Crippen molar-refractivity contribution in [3.05, 3.63) is 29.3 Å². The Kier molecular flexibility index (Phi) is 3.31. The van der Waals surface area contributed by atoms with Gasteiger partial charge < -0.3 is 0 Å². The number of rotatable bonds is 2. The molecule has 5 nitrogen and oxygen atoms in total. The number of benzene rings is 1. The summed E-state index contributed by atoms with van der Waals surface area (Å²) < 4.78 is 50.3. The maximum Gasteiger partial charge on any atom is 0.296 e. The van der Waals surface area contributed by atoms with Crippen molar-refractivity contribution in [2.24, 2.45) is 7.05 Å². The van der Waals surface area contributed by atoms with Crippen molar-refractivity contribution >= 4 is 19.7 Å². The van der Waals surface area contributed by atoms with E-state index in [1.54, 1.807) is 0 Å². The van der Waals surface area contributed by atoms with Crippen LogP contribution in [0.15, 0.2) is 17.3 Å². The van der Waals surface area contributed by atoms with E-state index >= 15 is 0 Å². The summed E-state index contributed by atoms with van der Waals surface area (Å²) >= 11 is 0. The first kappa shape index (κ1) is 13.9. The molecule has 0 fully saturated rings. The van der Waals surface area contributed by atoms with Crippen molar-refractivity contribution in [3.63, 3.8) is 0 Å². The molecule has 2 aromatic rings. The lowest BCUT2D eigenvalue weighted by Gasteiger charge is -2.05. The molecule has 0 unspecified atom stereocenters. The molecule has 0 aliphatic rings. The van der Waals surface area contributed by atoms with Gasteiger partial charge in [0.05, 0.1) is 5.56 Å². The molecule has 0 spiro atoms. The summed E-state index contributed by atoms with van der Waals surface area (Å²) in [5.41, 5.74) is 0.148. The number of hydrogen-bond acceptors (Lipinski definition) is 4. The number of aryl methyl sites for hydroxylation is 1. The summed E-state index contributed by atoms with van der Waals surface area (Å²) in [6, 6.07) is 1.92. The minimum absolute atomic E-state index is 0.0551. The van der Waals surface area contributed by atoms with Crippen LogP contribution in [0.2, 0.25) is 0 Å². The average Bonchev–Trinajstić information content (AvgIpc) is 2.65. The third-order valence-electron chi connectivity index (χ3n) is 2.54. The van der Waals surface area contributed by atoms with E-state index in [1.807, 2.05) is 0 Å². The summed E-state index contributed by atoms with van der Waals surface area (Å²) in [6.07, 6.45) is 0. The Labute approximate surface area is 112 Å². The van der Waals surface area contributed by atoms with E-state index in [9.17, 15) is 17.2 Å². The first-order valence-electron chi connectivity index (χ1n) is 5.02. The molecule has 0 aliphatic heterocycles. The Morgan fingerprint density at radius 1 is 1.21 bits per heavy atom. The van der Waals surface area contributed by atoms with Gasteiger partial charge >= 0.3 is 0 Å². The highest BCUT2D eigenvalue weighted by atomic mass is 35.7. The van der Waals surface area contributed by atoms with Crippen LogP contribution in [0.5, 0.6) is 0 Å². The van der Waals surface area contributed by atoms with Crippen LogP contribution in [-0.4, -0.2) is 23.2 Å². The molecular weight excluding hydrogens is 300 g/mol. The Morgan fingerprint density at radius 3 is 2.37 bits per heavy atom. The third-order valence-corrected chi connectivity index (χ3v) is 3.75. The van der Waals surface area contributed by atoms with E-state index < -0.39 is 25.8 Å². The number of hydrogen-bond donors (Lipinski definition) is 0. The SMILES string of the molecule is Cc1cc(-c2nnc(S(=O)(=O)Cl)n2C)c(F)cc1F. The van der Waals surface area contributed by atoms with E-state index in [-0.39, 0.29) is 17.0 Å². The predicted octanol–water partition coefficient (Wildman–Crippen LogP) is 2.00. The van der Waals surface area contributed by atoms with E-state index in [0.29, 0.717) is 6.07 Å². The number of nitrogens with zero attached hydrogens (tertiary/aromatic N) is 3. The van der Waals surface area contributed by atoms with Gasteiger partial charge in [-0.15, -0.1) is 10.2 Å². The van der Waals surface area contributed by atoms with Crippen LogP contribution in [0.3, 0.4) is 0 Å². The van der Waals surface area contributed by atoms with Gasteiger partial charge in [-0.3, -0.25) is 4.57 Å². The fraction of sp³-hybridized carbons (Fsp3) is 0.200. The summed E-state index contributed by atoms with van der Waals surface area (Å²) in [5.74, 6) is -1.62. The van der Waals surface area contributed by atoms with Crippen LogP contribution < -0.4 is 0 Å². The van der Waals surface area contributed by atoms with Gasteiger partial charge in [-0.1, -0.05) is 0 Å². The maximum atomic E-state index is 13.7. The fourth-order valence-corrected chi connectivity index (χ4v) is 2.55. The topological polar surface area (TPSA) is 64.8 Å². The molecular formula is C10H8ClF2N3O2S. The van der Waals surface area contributed by atoms with Crippen LogP contribution in [0.25, 0.3) is 11.4 Å². The maximum absolute atomic E-state index is 13.7. The molecule has 19 heavy (non-hydrogen) atoms. The summed E-state index contributed by atoms with van der Waals surface area (Å²) in [6.45, 7) is 1.45. The summed E-state index contributed by atoms with van der Waals surface area (Å²) in [5, 5.41) is 6.45. The van der Waals surface area contributed by atoms with Crippen LogP contribution in [0.1, 0.15) is 5.56 Å². The van der Waals surface area contributed by atoms with Crippen LogP contribution in [0, 0.1) is 18.6 Å². The predicted molar refractivity (Wildman–Crippen MR) is 64.1 cm³/mol. The van der Waals surface area contributed by atoms with Crippen molar-refractivity contribution in [1.82, 2.24) is 14.8 Å². The summed E-state index contributed by atoms with van der Waals surface area (Å²) in [4.78, 5) is 0. The van der Waals surface area contributed by atoms with Gasteiger partial charge in [0.15, 0.2) is 5.82 Å². The quantitative estimate of drug-likeness (QED) is 0.796. The van der Waals surface area contributed by atoms with Crippen molar-refractivity contribution in [2.75, 3.05) is 0 Å². The minimum atomic E-state index is -4.09. The molecule has 1 heterocycles. The van der Waals surface area contributed by atoms with Crippen molar-refractivity contribution in [2.45, 2.75) is 12.1 Å². The van der Waals surface area contributed by atoms with Crippen molar-refractivity contribution < 1.29 is 17.2 Å². The largest absolute Gasteiger partial charge is 0.300 e. The average molecular weight is 308 g/mol. The molecule has 0 N–H and O–H groups in total. The first-order valence-corrected chi connectivity index (χ1v) is 7.33. The zero-order valence-corrected chi connectivity index (χ0v) is 11.4. The first-order chi connectivity index (χ1) is 8.71. The van der Waals surface area contributed by atoms with Crippen LogP contribution >= 0.6 is 10.7 Å². The van der Waals surface area contributed by atoms with E-state index in [4.69, 9.17) is 10.7 Å². The monoisotopic (exact) mass is 307 g/mol. The van der Waals surface area contributed by atoms with Crippen molar-refractivity contribution in [1.29, 1.82) is 0 Å². The molecule has 0 bridgehead atoms. The van der Waals surface area contributed by atoms with E-state index in [0.717, 1.165) is 4.57 Å². The fourth-order valence-electron chi connectivity index (χ4n) is 1.59. The molecule has 1 aromatic carbocycles. The van der Waals surface area contributed by atoms with Gasteiger partial charge in [-0.05, 0) is 18.6 Å². The highest BCUT2D eigenvalue weighted by Crippen LogP contribution is 2.25. The summed E-state index contributed by atoms with van der Waals surface area (Å²) in [7, 11) is 2.39. The molecule has 0 saturated heterocycles. The van der Waals surface area contributed by atoms with Gasteiger partial charge in [0.25, 0.3) is 14.2 Å². The molecule has 0 saturated carbocycles. The van der Waals surface area contributed by atoms with Crippen LogP contribution in [0.4, 0.5) is 8.78 Å². The van der Waals surface area contributed by atoms with Gasteiger partial charge in [0, 0.05) is 23.8 Å². The van der Waals surface area contributed by atoms with Crippen molar-refractivity contribution in [3.8, 4) is 11.4 Å². The van der Waals surface area contributed by atoms with Gasteiger partial charge in [0.2, 0.25) is 0 Å². The Hall–Kier alpha value is -1.54. The lowest BCUT2D eigenvalue weighted by Crippen LogP contribution is -2.03. The van der Waals surface area contributed by atoms with E-state index in [2.05, 4.69) is 10.2 Å². The molecule has 9 heteroatoms. The second-order valence-corrected chi connectivity index (χ2v) is 6.34. The minimum Gasteiger partial charge on any atom is -0.300 e. The molecule has 0 radical (unpaired) electrons. The Balaban J connectivity index is 2.68. The number of aromatic nitrogens is 3. The molecule has 0 atom stereocenters. The number of halogens is 3.